The van der Waals surface area contributed by atoms with E-state index in [0.717, 1.165) is 24.4 Å². The molecule has 1 atom stereocenters. The molecule has 0 saturated carbocycles. The van der Waals surface area contributed by atoms with Gasteiger partial charge in [0, 0.05) is 63.1 Å². The lowest BCUT2D eigenvalue weighted by atomic mass is 10.2. The van der Waals surface area contributed by atoms with Gasteiger partial charge in [-0.05, 0) is 20.0 Å². The fraction of sp³-hybridized carbons (Fsp3) is 0.385. The number of likely N-dealkylation sites (N-methyl/N-ethyl adjacent to an activating group) is 1. The monoisotopic (exact) mass is 570 g/mol. The summed E-state index contributed by atoms with van der Waals surface area (Å²) in [6, 6.07) is 6.06. The molecule has 4 heterocycles. The number of amides is 2. The van der Waals surface area contributed by atoms with Crippen molar-refractivity contribution in [1.29, 1.82) is 0 Å². The number of rotatable bonds is 11. The van der Waals surface area contributed by atoms with E-state index >= 15 is 0 Å². The summed E-state index contributed by atoms with van der Waals surface area (Å²) in [7, 11) is 3.57. The number of piperazine rings is 1. The van der Waals surface area contributed by atoms with Crippen LogP contribution < -0.4 is 14.8 Å². The lowest BCUT2D eigenvalue weighted by molar-refractivity contribution is -0.136. The lowest BCUT2D eigenvalue weighted by Crippen LogP contribution is -2.47. The largest absolute Gasteiger partial charge is 0.481 e. The van der Waals surface area contributed by atoms with Crippen LogP contribution in [0.3, 0.4) is 0 Å². The first-order valence-corrected chi connectivity index (χ1v) is 13.3. The average molecular weight is 571 g/mol. The number of carbonyl (C=O) groups is 3. The molecule has 3 aromatic heterocycles. The van der Waals surface area contributed by atoms with Crippen molar-refractivity contribution >= 4 is 34.3 Å². The van der Waals surface area contributed by atoms with E-state index in [4.69, 9.17) is 19.3 Å². The smallest absolute Gasteiger partial charge is 0.309 e. The van der Waals surface area contributed by atoms with Gasteiger partial charge in [0.15, 0.2) is 5.13 Å². The molecule has 13 nitrogen and oxygen atoms in total. The molecule has 0 aromatic carbocycles. The van der Waals surface area contributed by atoms with Gasteiger partial charge in [0.05, 0.1) is 29.8 Å². The van der Waals surface area contributed by atoms with Crippen molar-refractivity contribution in [3.8, 4) is 17.6 Å². The maximum atomic E-state index is 13.0. The van der Waals surface area contributed by atoms with Crippen molar-refractivity contribution in [2.24, 2.45) is 0 Å². The summed E-state index contributed by atoms with van der Waals surface area (Å²) in [5.74, 6) is -1.29. The Bertz CT molecular complexity index is 1340. The standard InChI is InChI=1S/C26H30N6O7S/c1-16(14-37-3)38-21-10-18(24(35)30-26-28-19(15-40-26)12-23(33)34)11-22(29-21)39-20-5-4-17(13-27-20)25(36)32-8-6-31(2)7-9-32/h4-5,10-11,13,15-16H,6-9,12,14H2,1-3H3,(H,33,34)(H,28,30,35)/t16-/m1/s1. The molecule has 0 spiro atoms. The van der Waals surface area contributed by atoms with E-state index in [9.17, 15) is 14.4 Å². The number of hydrogen-bond donors (Lipinski definition) is 2. The van der Waals surface area contributed by atoms with Crippen LogP contribution in [0.5, 0.6) is 17.6 Å². The van der Waals surface area contributed by atoms with Gasteiger partial charge >= 0.3 is 5.97 Å². The number of aromatic nitrogens is 3. The Kier molecular flexibility index (Phi) is 9.58. The highest BCUT2D eigenvalue weighted by atomic mass is 32.1. The molecule has 40 heavy (non-hydrogen) atoms. The van der Waals surface area contributed by atoms with Crippen LogP contribution in [0.2, 0.25) is 0 Å². The van der Waals surface area contributed by atoms with Crippen molar-refractivity contribution in [3.05, 3.63) is 52.7 Å². The molecule has 1 aliphatic rings. The molecule has 0 unspecified atom stereocenters. The normalized spacial score (nSPS) is 14.4. The summed E-state index contributed by atoms with van der Waals surface area (Å²) in [6.07, 6.45) is 0.836. The second-order valence-corrected chi connectivity index (χ2v) is 10.0. The zero-order valence-corrected chi connectivity index (χ0v) is 23.1. The van der Waals surface area contributed by atoms with Gasteiger partial charge in [0.1, 0.15) is 6.10 Å². The third kappa shape index (κ3) is 7.94. The van der Waals surface area contributed by atoms with Crippen molar-refractivity contribution < 1.29 is 33.7 Å². The first-order valence-electron chi connectivity index (χ1n) is 12.5. The van der Waals surface area contributed by atoms with Gasteiger partial charge in [0.2, 0.25) is 17.6 Å². The molecule has 1 fully saturated rings. The Morgan fingerprint density at radius 3 is 2.50 bits per heavy atom. The maximum Gasteiger partial charge on any atom is 0.309 e. The van der Waals surface area contributed by atoms with E-state index in [-0.39, 0.29) is 46.8 Å². The number of pyridine rings is 2. The molecular weight excluding hydrogens is 540 g/mol. The topological polar surface area (TPSA) is 156 Å². The summed E-state index contributed by atoms with van der Waals surface area (Å²) < 4.78 is 16.7. The Hall–Kier alpha value is -4.14. The lowest BCUT2D eigenvalue weighted by Gasteiger charge is -2.32. The minimum atomic E-state index is -1.02. The highest BCUT2D eigenvalue weighted by Crippen LogP contribution is 2.25. The van der Waals surface area contributed by atoms with E-state index in [1.165, 1.54) is 18.3 Å². The maximum absolute atomic E-state index is 13.0. The van der Waals surface area contributed by atoms with Crippen LogP contribution >= 0.6 is 11.3 Å². The molecule has 1 aliphatic heterocycles. The van der Waals surface area contributed by atoms with Gasteiger partial charge in [-0.15, -0.1) is 11.3 Å². The van der Waals surface area contributed by atoms with E-state index in [0.29, 0.717) is 31.0 Å². The predicted molar refractivity (Wildman–Crippen MR) is 145 cm³/mol. The zero-order chi connectivity index (χ0) is 28.6. The number of ether oxygens (including phenoxy) is 3. The molecule has 212 valence electrons. The Labute approximate surface area is 234 Å². The van der Waals surface area contributed by atoms with E-state index in [2.05, 4.69) is 25.2 Å². The number of hydrogen-bond acceptors (Lipinski definition) is 11. The first kappa shape index (κ1) is 28.9. The summed E-state index contributed by atoms with van der Waals surface area (Å²) in [5.41, 5.74) is 0.951. The Morgan fingerprint density at radius 1 is 1.07 bits per heavy atom. The van der Waals surface area contributed by atoms with Gasteiger partial charge in [0.25, 0.3) is 11.8 Å². The van der Waals surface area contributed by atoms with Gasteiger partial charge < -0.3 is 29.1 Å². The number of anilines is 1. The molecule has 2 N–H and O–H groups in total. The molecular formula is C26H30N6O7S. The van der Waals surface area contributed by atoms with Crippen LogP contribution in [0.1, 0.15) is 33.3 Å². The Balaban J connectivity index is 1.50. The minimum absolute atomic E-state index is 0.0450. The number of carboxylic acids is 1. The fourth-order valence-corrected chi connectivity index (χ4v) is 4.54. The third-order valence-electron chi connectivity index (χ3n) is 5.85. The number of thiazole rings is 1. The van der Waals surface area contributed by atoms with Gasteiger partial charge in [-0.1, -0.05) is 0 Å². The van der Waals surface area contributed by atoms with Crippen molar-refractivity contribution in [1.82, 2.24) is 24.8 Å². The second-order valence-electron chi connectivity index (χ2n) is 9.17. The number of nitrogens with zero attached hydrogens (tertiary/aromatic N) is 5. The Morgan fingerprint density at radius 2 is 1.82 bits per heavy atom. The van der Waals surface area contributed by atoms with Crippen LogP contribution in [0.15, 0.2) is 35.8 Å². The number of nitrogens with one attached hydrogen (secondary N) is 1. The number of carboxylic acid groups (broad SMARTS) is 1. The van der Waals surface area contributed by atoms with Crippen LogP contribution in [0.4, 0.5) is 5.13 Å². The van der Waals surface area contributed by atoms with Crippen LogP contribution in [0.25, 0.3) is 0 Å². The fourth-order valence-electron chi connectivity index (χ4n) is 3.84. The molecule has 0 aliphatic carbocycles. The zero-order valence-electron chi connectivity index (χ0n) is 22.3. The van der Waals surface area contributed by atoms with E-state index in [1.807, 2.05) is 7.05 Å². The quantitative estimate of drug-likeness (QED) is 0.349. The molecule has 2 amide bonds. The molecule has 14 heteroatoms. The van der Waals surface area contributed by atoms with Crippen molar-refractivity contribution in [2.75, 3.05) is 52.3 Å². The van der Waals surface area contributed by atoms with Crippen molar-refractivity contribution in [2.45, 2.75) is 19.4 Å². The molecule has 0 radical (unpaired) electrons. The van der Waals surface area contributed by atoms with E-state index in [1.54, 1.807) is 36.4 Å². The molecule has 0 bridgehead atoms. The van der Waals surface area contributed by atoms with Crippen LogP contribution in [-0.4, -0.2) is 101 Å². The average Bonchev–Trinajstić information content (AvgIpc) is 3.35. The van der Waals surface area contributed by atoms with Gasteiger partial charge in [-0.2, -0.15) is 4.98 Å². The minimum Gasteiger partial charge on any atom is -0.481 e. The highest BCUT2D eigenvalue weighted by molar-refractivity contribution is 7.14. The molecule has 3 aromatic rings. The summed E-state index contributed by atoms with van der Waals surface area (Å²) in [4.78, 5) is 53.4. The SMILES string of the molecule is COC[C@@H](C)Oc1cc(C(=O)Nc2nc(CC(=O)O)cs2)cc(Oc2ccc(C(=O)N3CCN(C)CC3)cn2)n1. The van der Waals surface area contributed by atoms with Gasteiger partial charge in [-0.3, -0.25) is 19.7 Å². The second kappa shape index (κ2) is 13.3. The summed E-state index contributed by atoms with van der Waals surface area (Å²) in [5, 5.41) is 13.4. The van der Waals surface area contributed by atoms with E-state index < -0.39 is 11.9 Å². The van der Waals surface area contributed by atoms with Crippen LogP contribution in [0, 0.1) is 0 Å². The van der Waals surface area contributed by atoms with Crippen molar-refractivity contribution in [3.63, 3.8) is 0 Å². The molecule has 4 rings (SSSR count). The number of methoxy groups -OCH3 is 1. The number of carbonyl (C=O) groups excluding carboxylic acids is 2. The first-order chi connectivity index (χ1) is 19.2. The third-order valence-corrected chi connectivity index (χ3v) is 6.66. The molecule has 1 saturated heterocycles. The predicted octanol–water partition coefficient (Wildman–Crippen LogP) is 2.41. The summed E-state index contributed by atoms with van der Waals surface area (Å²) >= 11 is 1.11. The van der Waals surface area contributed by atoms with Gasteiger partial charge in [-0.25, -0.2) is 9.97 Å². The number of aliphatic carboxylic acids is 1. The van der Waals surface area contributed by atoms with Crippen LogP contribution in [-0.2, 0) is 16.0 Å². The highest BCUT2D eigenvalue weighted by Gasteiger charge is 2.21. The summed E-state index contributed by atoms with van der Waals surface area (Å²) in [6.45, 7) is 5.02.